The van der Waals surface area contributed by atoms with Crippen molar-refractivity contribution in [3.8, 4) is 0 Å². The zero-order valence-corrected chi connectivity index (χ0v) is 10.9. The van der Waals surface area contributed by atoms with Crippen LogP contribution < -0.4 is 5.32 Å². The minimum Gasteiger partial charge on any atom is -0.383 e. The molecule has 0 bridgehead atoms. The molecule has 1 unspecified atom stereocenters. The van der Waals surface area contributed by atoms with Crippen LogP contribution in [0, 0.1) is 0 Å². The Morgan fingerprint density at radius 3 is 2.88 bits per heavy atom. The maximum Gasteiger partial charge on any atom is 0.0373 e. The summed E-state index contributed by atoms with van der Waals surface area (Å²) in [6, 6.07) is 9.39. The number of likely N-dealkylation sites (tertiary alicyclic amines) is 1. The number of para-hydroxylation sites is 1. The summed E-state index contributed by atoms with van der Waals surface area (Å²) in [7, 11) is 0. The van der Waals surface area contributed by atoms with E-state index in [1.807, 2.05) is 0 Å². The molecule has 0 radical (unpaired) electrons. The molecule has 2 aliphatic heterocycles. The minimum absolute atomic E-state index is 0.388. The van der Waals surface area contributed by atoms with Crippen LogP contribution in [0.3, 0.4) is 0 Å². The van der Waals surface area contributed by atoms with Crippen LogP contribution in [-0.2, 0) is 6.42 Å². The van der Waals surface area contributed by atoms with E-state index in [0.717, 1.165) is 6.54 Å². The van der Waals surface area contributed by atoms with Crippen molar-refractivity contribution in [1.29, 1.82) is 0 Å². The van der Waals surface area contributed by atoms with Gasteiger partial charge in [-0.2, -0.15) is 0 Å². The first kappa shape index (κ1) is 11.1. The Kier molecular flexibility index (Phi) is 2.62. The number of nitrogens with zero attached hydrogens (tertiary/aromatic N) is 1. The summed E-state index contributed by atoms with van der Waals surface area (Å²) in [5.74, 6) is 0. The quantitative estimate of drug-likeness (QED) is 0.798. The fourth-order valence-electron chi connectivity index (χ4n) is 3.45. The zero-order chi connectivity index (χ0) is 11.9. The monoisotopic (exact) mass is 230 g/mol. The summed E-state index contributed by atoms with van der Waals surface area (Å²) in [4.78, 5) is 2.70. The molecule has 1 N–H and O–H groups in total. The van der Waals surface area contributed by atoms with E-state index in [2.05, 4.69) is 48.3 Å². The predicted molar refractivity (Wildman–Crippen MR) is 72.4 cm³/mol. The van der Waals surface area contributed by atoms with E-state index in [0.29, 0.717) is 11.6 Å². The molecule has 0 aliphatic carbocycles. The van der Waals surface area contributed by atoms with Crippen LogP contribution in [0.2, 0.25) is 0 Å². The van der Waals surface area contributed by atoms with Gasteiger partial charge in [-0.05, 0) is 51.3 Å². The Balaban J connectivity index is 1.80. The first-order valence-corrected chi connectivity index (χ1v) is 6.75. The lowest BCUT2D eigenvalue weighted by Gasteiger charge is -2.41. The van der Waals surface area contributed by atoms with Gasteiger partial charge in [0.2, 0.25) is 0 Å². The van der Waals surface area contributed by atoms with E-state index in [9.17, 15) is 0 Å². The Morgan fingerprint density at radius 2 is 2.12 bits per heavy atom. The van der Waals surface area contributed by atoms with Crippen LogP contribution in [0.5, 0.6) is 0 Å². The van der Waals surface area contributed by atoms with Crippen molar-refractivity contribution in [3.05, 3.63) is 29.8 Å². The van der Waals surface area contributed by atoms with Crippen molar-refractivity contribution in [2.75, 3.05) is 18.4 Å². The molecule has 17 heavy (non-hydrogen) atoms. The smallest absolute Gasteiger partial charge is 0.0373 e. The summed E-state index contributed by atoms with van der Waals surface area (Å²) >= 11 is 0. The zero-order valence-electron chi connectivity index (χ0n) is 10.9. The van der Waals surface area contributed by atoms with E-state index < -0.39 is 0 Å². The van der Waals surface area contributed by atoms with Crippen LogP contribution in [0.25, 0.3) is 0 Å². The van der Waals surface area contributed by atoms with Gasteiger partial charge in [-0.3, -0.25) is 4.90 Å². The Morgan fingerprint density at radius 1 is 1.29 bits per heavy atom. The number of fused-ring (bicyclic) bond motifs is 1. The molecule has 1 saturated heterocycles. The highest BCUT2D eigenvalue weighted by atomic mass is 15.3. The molecule has 2 nitrogen and oxygen atoms in total. The van der Waals surface area contributed by atoms with E-state index in [1.165, 1.54) is 37.1 Å². The van der Waals surface area contributed by atoms with Gasteiger partial charge in [-0.25, -0.2) is 0 Å². The third kappa shape index (κ3) is 1.95. The van der Waals surface area contributed by atoms with Crippen LogP contribution >= 0.6 is 0 Å². The molecule has 1 atom stereocenters. The van der Waals surface area contributed by atoms with Crippen LogP contribution in [-0.4, -0.2) is 29.6 Å². The molecular formula is C15H22N2. The second kappa shape index (κ2) is 4.02. The Labute approximate surface area is 104 Å². The molecule has 2 heterocycles. The van der Waals surface area contributed by atoms with Gasteiger partial charge in [-0.1, -0.05) is 18.2 Å². The second-order valence-electron chi connectivity index (χ2n) is 6.01. The van der Waals surface area contributed by atoms with Crippen molar-refractivity contribution in [1.82, 2.24) is 4.90 Å². The number of anilines is 1. The SMILES string of the molecule is CC1(C)CCCN1C1CNc2ccccc2C1. The third-order valence-electron chi connectivity index (χ3n) is 4.41. The molecule has 0 aromatic heterocycles. The van der Waals surface area contributed by atoms with Gasteiger partial charge in [0, 0.05) is 23.8 Å². The number of benzene rings is 1. The van der Waals surface area contributed by atoms with Gasteiger partial charge in [0.05, 0.1) is 0 Å². The van der Waals surface area contributed by atoms with Crippen LogP contribution in [0.4, 0.5) is 5.69 Å². The van der Waals surface area contributed by atoms with Crippen LogP contribution in [0.1, 0.15) is 32.3 Å². The minimum atomic E-state index is 0.388. The Hall–Kier alpha value is -1.02. The average Bonchev–Trinajstić information content (AvgIpc) is 2.68. The van der Waals surface area contributed by atoms with Crippen molar-refractivity contribution in [3.63, 3.8) is 0 Å². The normalized spacial score (nSPS) is 27.5. The average molecular weight is 230 g/mol. The molecule has 3 rings (SSSR count). The van der Waals surface area contributed by atoms with Gasteiger partial charge < -0.3 is 5.32 Å². The van der Waals surface area contributed by atoms with E-state index in [1.54, 1.807) is 0 Å². The molecule has 2 heteroatoms. The van der Waals surface area contributed by atoms with Gasteiger partial charge in [0.15, 0.2) is 0 Å². The fraction of sp³-hybridized carbons (Fsp3) is 0.600. The highest BCUT2D eigenvalue weighted by molar-refractivity contribution is 5.53. The summed E-state index contributed by atoms with van der Waals surface area (Å²) in [6.45, 7) is 7.14. The highest BCUT2D eigenvalue weighted by Crippen LogP contribution is 2.33. The highest BCUT2D eigenvalue weighted by Gasteiger charge is 2.37. The van der Waals surface area contributed by atoms with Crippen molar-refractivity contribution in [2.45, 2.75) is 44.7 Å². The maximum absolute atomic E-state index is 3.59. The first-order chi connectivity index (χ1) is 8.17. The summed E-state index contributed by atoms with van der Waals surface area (Å²) in [5.41, 5.74) is 3.20. The van der Waals surface area contributed by atoms with Crippen molar-refractivity contribution >= 4 is 5.69 Å². The van der Waals surface area contributed by atoms with Crippen molar-refractivity contribution < 1.29 is 0 Å². The molecule has 1 fully saturated rings. The molecule has 0 saturated carbocycles. The summed E-state index contributed by atoms with van der Waals surface area (Å²) < 4.78 is 0. The topological polar surface area (TPSA) is 15.3 Å². The van der Waals surface area contributed by atoms with Gasteiger partial charge >= 0.3 is 0 Å². The lowest BCUT2D eigenvalue weighted by Crippen LogP contribution is -2.50. The second-order valence-corrected chi connectivity index (χ2v) is 6.01. The predicted octanol–water partition coefficient (Wildman–Crippen LogP) is 2.90. The largest absolute Gasteiger partial charge is 0.383 e. The van der Waals surface area contributed by atoms with Gasteiger partial charge in [0.1, 0.15) is 0 Å². The summed E-state index contributed by atoms with van der Waals surface area (Å²) in [6.07, 6.45) is 3.89. The number of rotatable bonds is 1. The Bertz CT molecular complexity index is 411. The number of nitrogens with one attached hydrogen (secondary N) is 1. The van der Waals surface area contributed by atoms with Gasteiger partial charge in [-0.15, -0.1) is 0 Å². The van der Waals surface area contributed by atoms with E-state index in [-0.39, 0.29) is 0 Å². The lowest BCUT2D eigenvalue weighted by atomic mass is 9.94. The number of hydrogen-bond donors (Lipinski definition) is 1. The summed E-state index contributed by atoms with van der Waals surface area (Å²) in [5, 5.41) is 3.59. The molecule has 92 valence electrons. The lowest BCUT2D eigenvalue weighted by molar-refractivity contribution is 0.119. The molecule has 2 aliphatic rings. The standard InChI is InChI=1S/C15H22N2/c1-15(2)8-5-9-17(15)13-10-12-6-3-4-7-14(12)16-11-13/h3-4,6-7,13,16H,5,8-11H2,1-2H3. The molecule has 0 spiro atoms. The van der Waals surface area contributed by atoms with Crippen molar-refractivity contribution in [2.24, 2.45) is 0 Å². The first-order valence-electron chi connectivity index (χ1n) is 6.75. The molecule has 1 aromatic rings. The third-order valence-corrected chi connectivity index (χ3v) is 4.41. The molecular weight excluding hydrogens is 208 g/mol. The fourth-order valence-corrected chi connectivity index (χ4v) is 3.45. The van der Waals surface area contributed by atoms with Crippen LogP contribution in [0.15, 0.2) is 24.3 Å². The molecule has 0 amide bonds. The van der Waals surface area contributed by atoms with E-state index >= 15 is 0 Å². The number of hydrogen-bond acceptors (Lipinski definition) is 2. The maximum atomic E-state index is 3.59. The molecule has 1 aromatic carbocycles. The van der Waals surface area contributed by atoms with Gasteiger partial charge in [0.25, 0.3) is 0 Å². The van der Waals surface area contributed by atoms with E-state index in [4.69, 9.17) is 0 Å².